The molecule has 1 N–H and O–H groups in total. The molecule has 0 aliphatic carbocycles. The standard InChI is InChI=1S/C14H20BrN5/c1-16-7-4-11-5-9-19(10-6-11)14-17-13-12(15)3-2-8-20(13)18-14/h2-3,8,11,16H,4-7,9-10H2,1H3. The summed E-state index contributed by atoms with van der Waals surface area (Å²) in [6.07, 6.45) is 5.68. The monoisotopic (exact) mass is 337 g/mol. The van der Waals surface area contributed by atoms with E-state index in [9.17, 15) is 0 Å². The van der Waals surface area contributed by atoms with Crippen molar-refractivity contribution in [2.24, 2.45) is 5.92 Å². The minimum absolute atomic E-state index is 0.836. The van der Waals surface area contributed by atoms with Gasteiger partial charge in [-0.1, -0.05) is 0 Å². The first-order valence-corrected chi connectivity index (χ1v) is 7.97. The zero-order chi connectivity index (χ0) is 13.9. The number of nitrogens with one attached hydrogen (secondary N) is 1. The summed E-state index contributed by atoms with van der Waals surface area (Å²) in [4.78, 5) is 6.94. The van der Waals surface area contributed by atoms with Crippen molar-refractivity contribution < 1.29 is 0 Å². The van der Waals surface area contributed by atoms with E-state index >= 15 is 0 Å². The van der Waals surface area contributed by atoms with Crippen molar-refractivity contribution in [3.63, 3.8) is 0 Å². The topological polar surface area (TPSA) is 45.5 Å². The number of anilines is 1. The van der Waals surface area contributed by atoms with Crippen molar-refractivity contribution >= 4 is 27.5 Å². The average Bonchev–Trinajstić information content (AvgIpc) is 2.91. The summed E-state index contributed by atoms with van der Waals surface area (Å²) in [5, 5.41) is 7.81. The van der Waals surface area contributed by atoms with Crippen molar-refractivity contribution in [1.82, 2.24) is 19.9 Å². The van der Waals surface area contributed by atoms with Crippen molar-refractivity contribution in [3.8, 4) is 0 Å². The van der Waals surface area contributed by atoms with Crippen molar-refractivity contribution in [2.45, 2.75) is 19.3 Å². The highest BCUT2D eigenvalue weighted by Crippen LogP contribution is 2.24. The van der Waals surface area contributed by atoms with E-state index in [1.165, 1.54) is 19.3 Å². The molecule has 0 unspecified atom stereocenters. The van der Waals surface area contributed by atoms with E-state index < -0.39 is 0 Å². The Labute approximate surface area is 127 Å². The third-order valence-electron chi connectivity index (χ3n) is 4.00. The number of nitrogens with zero attached hydrogens (tertiary/aromatic N) is 4. The van der Waals surface area contributed by atoms with Crippen LogP contribution in [0.25, 0.3) is 5.65 Å². The van der Waals surface area contributed by atoms with E-state index in [0.29, 0.717) is 0 Å². The Hall–Kier alpha value is -1.14. The summed E-state index contributed by atoms with van der Waals surface area (Å²) in [6, 6.07) is 3.97. The van der Waals surface area contributed by atoms with Crippen LogP contribution in [0.15, 0.2) is 22.8 Å². The Morgan fingerprint density at radius 1 is 1.40 bits per heavy atom. The van der Waals surface area contributed by atoms with Crippen LogP contribution in [0, 0.1) is 5.92 Å². The van der Waals surface area contributed by atoms with E-state index in [1.807, 2.05) is 29.9 Å². The minimum Gasteiger partial charge on any atom is -0.339 e. The molecule has 3 rings (SSSR count). The first kappa shape index (κ1) is 13.8. The molecular formula is C14H20BrN5. The molecule has 6 heteroatoms. The van der Waals surface area contributed by atoms with E-state index in [-0.39, 0.29) is 0 Å². The highest BCUT2D eigenvalue weighted by molar-refractivity contribution is 9.10. The summed E-state index contributed by atoms with van der Waals surface area (Å²) in [6.45, 7) is 3.23. The fourth-order valence-corrected chi connectivity index (χ4v) is 3.19. The van der Waals surface area contributed by atoms with Gasteiger partial charge in [0.25, 0.3) is 0 Å². The fraction of sp³-hybridized carbons (Fsp3) is 0.571. The number of pyridine rings is 1. The molecule has 0 aromatic carbocycles. The van der Waals surface area contributed by atoms with E-state index in [4.69, 9.17) is 0 Å². The third kappa shape index (κ3) is 2.81. The average molecular weight is 338 g/mol. The number of aromatic nitrogens is 3. The second kappa shape index (κ2) is 6.10. The Morgan fingerprint density at radius 3 is 2.90 bits per heavy atom. The van der Waals surface area contributed by atoms with Crippen molar-refractivity contribution in [1.29, 1.82) is 0 Å². The highest BCUT2D eigenvalue weighted by Gasteiger charge is 2.21. The maximum atomic E-state index is 4.64. The summed E-state index contributed by atoms with van der Waals surface area (Å²) in [5.74, 6) is 1.69. The fourth-order valence-electron chi connectivity index (χ4n) is 2.77. The number of rotatable bonds is 4. The summed E-state index contributed by atoms with van der Waals surface area (Å²) in [7, 11) is 2.02. The van der Waals surface area contributed by atoms with Gasteiger partial charge < -0.3 is 10.2 Å². The first-order valence-electron chi connectivity index (χ1n) is 7.18. The van der Waals surface area contributed by atoms with Gasteiger partial charge in [0.1, 0.15) is 0 Å². The van der Waals surface area contributed by atoms with Gasteiger partial charge in [0.15, 0.2) is 5.65 Å². The number of hydrogen-bond acceptors (Lipinski definition) is 4. The third-order valence-corrected chi connectivity index (χ3v) is 4.62. The molecule has 20 heavy (non-hydrogen) atoms. The molecular weight excluding hydrogens is 318 g/mol. The molecule has 108 valence electrons. The number of fused-ring (bicyclic) bond motifs is 1. The van der Waals surface area contributed by atoms with Gasteiger partial charge in [-0.2, -0.15) is 4.98 Å². The maximum Gasteiger partial charge on any atom is 0.245 e. The van der Waals surface area contributed by atoms with Crippen LogP contribution in [-0.4, -0.2) is 41.3 Å². The molecule has 0 spiro atoms. The van der Waals surface area contributed by atoms with Gasteiger partial charge in [-0.15, -0.1) is 5.10 Å². The predicted octanol–water partition coefficient (Wildman–Crippen LogP) is 2.32. The minimum atomic E-state index is 0.836. The predicted molar refractivity (Wildman–Crippen MR) is 84.2 cm³/mol. The molecule has 0 radical (unpaired) electrons. The van der Waals surface area contributed by atoms with Crippen LogP contribution in [0.5, 0.6) is 0 Å². The summed E-state index contributed by atoms with van der Waals surface area (Å²) < 4.78 is 2.83. The molecule has 5 nitrogen and oxygen atoms in total. The van der Waals surface area contributed by atoms with Gasteiger partial charge >= 0.3 is 0 Å². The zero-order valence-electron chi connectivity index (χ0n) is 11.7. The van der Waals surface area contributed by atoms with Crippen LogP contribution in [0.2, 0.25) is 0 Å². The summed E-state index contributed by atoms with van der Waals surface area (Å²) in [5.41, 5.74) is 0.889. The highest BCUT2D eigenvalue weighted by atomic mass is 79.9. The van der Waals surface area contributed by atoms with Crippen LogP contribution in [0.1, 0.15) is 19.3 Å². The van der Waals surface area contributed by atoms with Crippen molar-refractivity contribution in [3.05, 3.63) is 22.8 Å². The van der Waals surface area contributed by atoms with Gasteiger partial charge in [0.2, 0.25) is 5.95 Å². The molecule has 1 aliphatic rings. The SMILES string of the molecule is CNCCC1CCN(c2nc3c(Br)cccn3n2)CC1. The van der Waals surface area contributed by atoms with E-state index in [1.54, 1.807) is 0 Å². The lowest BCUT2D eigenvalue weighted by molar-refractivity contribution is 0.376. The number of piperidine rings is 1. The lowest BCUT2D eigenvalue weighted by atomic mass is 9.94. The van der Waals surface area contributed by atoms with Crippen LogP contribution in [0.3, 0.4) is 0 Å². The normalized spacial score (nSPS) is 17.0. The van der Waals surface area contributed by atoms with Crippen LogP contribution in [0.4, 0.5) is 5.95 Å². The van der Waals surface area contributed by atoms with Crippen molar-refractivity contribution in [2.75, 3.05) is 31.6 Å². The van der Waals surface area contributed by atoms with E-state index in [2.05, 4.69) is 36.2 Å². The molecule has 1 fully saturated rings. The Balaban J connectivity index is 1.69. The summed E-state index contributed by atoms with van der Waals surface area (Å²) >= 11 is 3.52. The van der Waals surface area contributed by atoms with Gasteiger partial charge in [-0.25, -0.2) is 4.52 Å². The molecule has 2 aromatic rings. The van der Waals surface area contributed by atoms with E-state index in [0.717, 1.165) is 41.6 Å². The van der Waals surface area contributed by atoms with Crippen LogP contribution < -0.4 is 10.2 Å². The lowest BCUT2D eigenvalue weighted by Crippen LogP contribution is -2.35. The maximum absolute atomic E-state index is 4.64. The van der Waals surface area contributed by atoms with Gasteiger partial charge in [0, 0.05) is 19.3 Å². The van der Waals surface area contributed by atoms with Crippen LogP contribution >= 0.6 is 15.9 Å². The van der Waals surface area contributed by atoms with Crippen LogP contribution in [-0.2, 0) is 0 Å². The lowest BCUT2D eigenvalue weighted by Gasteiger charge is -2.31. The Bertz CT molecular complexity index is 574. The number of hydrogen-bond donors (Lipinski definition) is 1. The quantitative estimate of drug-likeness (QED) is 0.929. The molecule has 1 saturated heterocycles. The zero-order valence-corrected chi connectivity index (χ0v) is 13.3. The van der Waals surface area contributed by atoms with Gasteiger partial charge in [0.05, 0.1) is 4.47 Å². The Kier molecular flexibility index (Phi) is 4.21. The molecule has 0 amide bonds. The number of halogens is 1. The molecule has 3 heterocycles. The Morgan fingerprint density at radius 2 is 2.20 bits per heavy atom. The second-order valence-corrected chi connectivity index (χ2v) is 6.21. The second-order valence-electron chi connectivity index (χ2n) is 5.36. The molecule has 0 bridgehead atoms. The molecule has 2 aromatic heterocycles. The molecule has 1 aliphatic heterocycles. The largest absolute Gasteiger partial charge is 0.339 e. The first-order chi connectivity index (χ1) is 9.78. The van der Waals surface area contributed by atoms with Gasteiger partial charge in [-0.05, 0) is 66.8 Å². The smallest absolute Gasteiger partial charge is 0.245 e. The molecule has 0 atom stereocenters. The molecule has 0 saturated carbocycles. The van der Waals surface area contributed by atoms with Gasteiger partial charge in [-0.3, -0.25) is 0 Å².